The molecule has 0 aliphatic rings. The van der Waals surface area contributed by atoms with Crippen molar-refractivity contribution < 1.29 is 13.2 Å². The lowest BCUT2D eigenvalue weighted by atomic mass is 10.2. The molecule has 1 rings (SSSR count). The summed E-state index contributed by atoms with van der Waals surface area (Å²) in [5, 5.41) is 6.57. The van der Waals surface area contributed by atoms with Crippen molar-refractivity contribution in [1.29, 1.82) is 0 Å². The Hall–Kier alpha value is -1.57. The summed E-state index contributed by atoms with van der Waals surface area (Å²) >= 11 is 0. The van der Waals surface area contributed by atoms with Crippen molar-refractivity contribution in [3.05, 3.63) is 11.9 Å². The van der Waals surface area contributed by atoms with Gasteiger partial charge in [-0.25, -0.2) is 8.42 Å². The molecule has 0 bridgehead atoms. The molecule has 0 unspecified atom stereocenters. The molecule has 0 aliphatic carbocycles. The largest absolute Gasteiger partial charge is 0.396 e. The summed E-state index contributed by atoms with van der Waals surface area (Å²) in [6.07, 6.45) is 2.70. The maximum absolute atomic E-state index is 11.9. The summed E-state index contributed by atoms with van der Waals surface area (Å²) in [5.74, 6) is -0.471. The van der Waals surface area contributed by atoms with Crippen LogP contribution >= 0.6 is 0 Å². The molecule has 0 atom stereocenters. The Morgan fingerprint density at radius 1 is 1.53 bits per heavy atom. The number of nitrogens with two attached hydrogens (primary N) is 1. The summed E-state index contributed by atoms with van der Waals surface area (Å²) in [5.41, 5.74) is 6.07. The van der Waals surface area contributed by atoms with E-state index in [2.05, 4.69) is 10.4 Å². The fraction of sp³-hybridized carbons (Fsp3) is 0.636. The van der Waals surface area contributed by atoms with Crippen LogP contribution in [0.1, 0.15) is 31.3 Å². The number of amides is 1. The van der Waals surface area contributed by atoms with Gasteiger partial charge in [0.15, 0.2) is 15.5 Å². The number of hydrogen-bond donors (Lipinski definition) is 2. The van der Waals surface area contributed by atoms with Crippen LogP contribution in [-0.2, 0) is 16.4 Å². The molecule has 1 amide bonds. The second-order valence-electron chi connectivity index (χ2n) is 5.00. The number of carbonyl (C=O) groups excluding carboxylic acids is 1. The van der Waals surface area contributed by atoms with E-state index in [-0.39, 0.29) is 17.9 Å². The minimum atomic E-state index is -3.26. The zero-order valence-corrected chi connectivity index (χ0v) is 12.4. The molecule has 1 heterocycles. The molecule has 0 spiro atoms. The molecule has 108 valence electrons. The summed E-state index contributed by atoms with van der Waals surface area (Å²) in [4.78, 5) is 11.9. The van der Waals surface area contributed by atoms with Crippen molar-refractivity contribution in [3.8, 4) is 0 Å². The van der Waals surface area contributed by atoms with E-state index < -0.39 is 20.5 Å². The molecule has 3 N–H and O–H groups in total. The highest BCUT2D eigenvalue weighted by Gasteiger charge is 2.31. The molecule has 0 aromatic carbocycles. The number of aromatic nitrogens is 2. The topological polar surface area (TPSA) is 107 Å². The number of sulfone groups is 1. The summed E-state index contributed by atoms with van der Waals surface area (Å²) in [7, 11) is -3.26. The molecule has 1 aromatic rings. The van der Waals surface area contributed by atoms with Gasteiger partial charge in [0.25, 0.3) is 5.91 Å². The third-order valence-corrected chi connectivity index (χ3v) is 5.16. The maximum Gasteiger partial charge on any atom is 0.273 e. The van der Waals surface area contributed by atoms with E-state index in [0.717, 1.165) is 6.26 Å². The van der Waals surface area contributed by atoms with Crippen LogP contribution in [0.5, 0.6) is 0 Å². The minimum absolute atomic E-state index is 0.00307. The number of nitrogen functional groups attached to an aromatic ring is 1. The lowest BCUT2D eigenvalue weighted by Gasteiger charge is -2.22. The third kappa shape index (κ3) is 3.46. The van der Waals surface area contributed by atoms with Gasteiger partial charge in [-0.15, -0.1) is 0 Å². The van der Waals surface area contributed by atoms with Gasteiger partial charge in [-0.2, -0.15) is 5.10 Å². The number of nitrogens with zero attached hydrogens (tertiary/aromatic N) is 2. The van der Waals surface area contributed by atoms with Crippen LogP contribution in [0.25, 0.3) is 0 Å². The molecular formula is C11H20N4O3S. The first-order valence-electron chi connectivity index (χ1n) is 5.89. The van der Waals surface area contributed by atoms with E-state index in [1.165, 1.54) is 0 Å². The number of nitrogens with one attached hydrogen (secondary N) is 1. The normalized spacial score (nSPS) is 12.4. The Morgan fingerprint density at radius 3 is 2.53 bits per heavy atom. The summed E-state index contributed by atoms with van der Waals surface area (Å²) in [6, 6.07) is 0. The van der Waals surface area contributed by atoms with Crippen LogP contribution in [0.2, 0.25) is 0 Å². The Labute approximate surface area is 113 Å². The van der Waals surface area contributed by atoms with Crippen LogP contribution in [0.4, 0.5) is 5.69 Å². The van der Waals surface area contributed by atoms with Gasteiger partial charge in [-0.3, -0.25) is 9.48 Å². The standard InChI is InChI=1S/C11H20N4O3S/c1-5-15-6-8(12)9(14-15)10(16)13-7-11(2,3)19(4,17)18/h6H,5,7,12H2,1-4H3,(H,13,16). The molecule has 1 aromatic heterocycles. The van der Waals surface area contributed by atoms with E-state index in [1.54, 1.807) is 24.7 Å². The molecule has 0 fully saturated rings. The van der Waals surface area contributed by atoms with Crippen LogP contribution in [0, 0.1) is 0 Å². The molecule has 0 aliphatic heterocycles. The van der Waals surface area contributed by atoms with Crippen LogP contribution in [0.15, 0.2) is 6.20 Å². The molecule has 19 heavy (non-hydrogen) atoms. The van der Waals surface area contributed by atoms with Gasteiger partial charge < -0.3 is 11.1 Å². The molecule has 0 saturated carbocycles. The quantitative estimate of drug-likeness (QED) is 0.795. The van der Waals surface area contributed by atoms with Gasteiger partial charge in [0.2, 0.25) is 0 Å². The van der Waals surface area contributed by atoms with E-state index in [4.69, 9.17) is 5.73 Å². The van der Waals surface area contributed by atoms with Gasteiger partial charge >= 0.3 is 0 Å². The third-order valence-electron chi connectivity index (χ3n) is 3.01. The highest BCUT2D eigenvalue weighted by Crippen LogP contribution is 2.14. The van der Waals surface area contributed by atoms with Crippen molar-refractivity contribution in [2.75, 3.05) is 18.5 Å². The van der Waals surface area contributed by atoms with Gasteiger partial charge in [0.05, 0.1) is 10.4 Å². The lowest BCUT2D eigenvalue weighted by molar-refractivity contribution is 0.0945. The highest BCUT2D eigenvalue weighted by atomic mass is 32.2. The van der Waals surface area contributed by atoms with Gasteiger partial charge in [0.1, 0.15) is 0 Å². The number of anilines is 1. The zero-order valence-electron chi connectivity index (χ0n) is 11.6. The van der Waals surface area contributed by atoms with Crippen molar-refractivity contribution >= 4 is 21.4 Å². The Bertz CT molecular complexity index is 575. The first-order valence-corrected chi connectivity index (χ1v) is 7.78. The van der Waals surface area contributed by atoms with Crippen molar-refractivity contribution in [3.63, 3.8) is 0 Å². The predicted molar refractivity (Wildman–Crippen MR) is 73.6 cm³/mol. The van der Waals surface area contributed by atoms with Crippen molar-refractivity contribution in [1.82, 2.24) is 15.1 Å². The number of aryl methyl sites for hydroxylation is 1. The lowest BCUT2D eigenvalue weighted by Crippen LogP contribution is -2.44. The second-order valence-corrected chi connectivity index (χ2v) is 7.65. The smallest absolute Gasteiger partial charge is 0.273 e. The first kappa shape index (κ1) is 15.5. The van der Waals surface area contributed by atoms with Crippen LogP contribution in [-0.4, -0.2) is 41.7 Å². The Balaban J connectivity index is 2.79. The fourth-order valence-electron chi connectivity index (χ4n) is 1.28. The predicted octanol–water partition coefficient (Wildman–Crippen LogP) is 0.0382. The summed E-state index contributed by atoms with van der Waals surface area (Å²) in [6.45, 7) is 5.59. The maximum atomic E-state index is 11.9. The SMILES string of the molecule is CCn1cc(N)c(C(=O)NCC(C)(C)S(C)(=O)=O)n1. The zero-order chi connectivity index (χ0) is 14.8. The van der Waals surface area contributed by atoms with E-state index in [9.17, 15) is 13.2 Å². The van der Waals surface area contributed by atoms with Gasteiger partial charge in [-0.1, -0.05) is 0 Å². The van der Waals surface area contributed by atoms with Crippen LogP contribution in [0.3, 0.4) is 0 Å². The Kier molecular flexibility index (Phi) is 4.24. The number of hydrogen-bond acceptors (Lipinski definition) is 5. The molecule has 0 radical (unpaired) electrons. The van der Waals surface area contributed by atoms with Crippen molar-refractivity contribution in [2.24, 2.45) is 0 Å². The average Bonchev–Trinajstić information content (AvgIpc) is 2.66. The first-order chi connectivity index (χ1) is 8.58. The molecule has 8 heteroatoms. The number of rotatable bonds is 5. The van der Waals surface area contributed by atoms with E-state index >= 15 is 0 Å². The van der Waals surface area contributed by atoms with Crippen molar-refractivity contribution in [2.45, 2.75) is 32.1 Å². The fourth-order valence-corrected chi connectivity index (χ4v) is 1.62. The molecular weight excluding hydrogens is 268 g/mol. The highest BCUT2D eigenvalue weighted by molar-refractivity contribution is 7.92. The monoisotopic (exact) mass is 288 g/mol. The Morgan fingerprint density at radius 2 is 2.11 bits per heavy atom. The molecule has 0 saturated heterocycles. The average molecular weight is 288 g/mol. The second kappa shape index (κ2) is 5.20. The van der Waals surface area contributed by atoms with E-state index in [0.29, 0.717) is 6.54 Å². The number of carbonyl (C=O) groups is 1. The van der Waals surface area contributed by atoms with Gasteiger partial charge in [0, 0.05) is 25.5 Å². The minimum Gasteiger partial charge on any atom is -0.396 e. The van der Waals surface area contributed by atoms with Gasteiger partial charge in [-0.05, 0) is 20.8 Å². The van der Waals surface area contributed by atoms with Crippen LogP contribution < -0.4 is 11.1 Å². The molecule has 7 nitrogen and oxygen atoms in total. The summed E-state index contributed by atoms with van der Waals surface area (Å²) < 4.78 is 23.6. The van der Waals surface area contributed by atoms with E-state index in [1.807, 2.05) is 6.92 Å².